The second-order valence-corrected chi connectivity index (χ2v) is 6.44. The third kappa shape index (κ3) is 3.67. The molecule has 0 fully saturated rings. The minimum Gasteiger partial charge on any atom is -0.369 e. The van der Waals surface area contributed by atoms with Crippen molar-refractivity contribution in [1.82, 2.24) is 9.29 Å². The number of pyridine rings is 1. The van der Waals surface area contributed by atoms with Gasteiger partial charge in [0, 0.05) is 17.2 Å². The molecule has 0 atom stereocenters. The van der Waals surface area contributed by atoms with E-state index in [9.17, 15) is 8.42 Å². The number of rotatable bonds is 6. The van der Waals surface area contributed by atoms with Crippen LogP contribution >= 0.6 is 15.9 Å². The molecule has 9 heteroatoms. The van der Waals surface area contributed by atoms with Crippen LogP contribution in [-0.4, -0.2) is 37.3 Å². The van der Waals surface area contributed by atoms with Crippen LogP contribution in [0.1, 0.15) is 6.92 Å². The summed E-state index contributed by atoms with van der Waals surface area (Å²) in [6.45, 7) is 1.51. The lowest BCUT2D eigenvalue weighted by Gasteiger charge is -2.18. The highest BCUT2D eigenvalue weighted by Gasteiger charge is 2.27. The standard InChI is InChI=1S/C11H12BrN5O2S/c1-2-15-11-10(7-9(12)8-16-11)20(18,19)17(5-3-13)6-4-14/h7-8H,2,5-6H2,1H3,(H,15,16). The second kappa shape index (κ2) is 7.20. The maximum Gasteiger partial charge on any atom is 0.248 e. The number of nitriles is 2. The Morgan fingerprint density at radius 1 is 1.40 bits per heavy atom. The fourth-order valence-corrected chi connectivity index (χ4v) is 3.30. The van der Waals surface area contributed by atoms with Gasteiger partial charge in [-0.25, -0.2) is 13.4 Å². The first-order chi connectivity index (χ1) is 9.47. The van der Waals surface area contributed by atoms with Gasteiger partial charge in [0.1, 0.15) is 23.8 Å². The third-order valence-electron chi connectivity index (χ3n) is 2.28. The Hall–Kier alpha value is -1.68. The van der Waals surface area contributed by atoms with Gasteiger partial charge in [0.05, 0.1) is 12.1 Å². The molecule has 0 amide bonds. The number of anilines is 1. The SMILES string of the molecule is CCNc1ncc(Br)cc1S(=O)(=O)N(CC#N)CC#N. The summed E-state index contributed by atoms with van der Waals surface area (Å²) in [5.41, 5.74) is 0. The van der Waals surface area contributed by atoms with E-state index in [1.165, 1.54) is 12.3 Å². The monoisotopic (exact) mass is 357 g/mol. The van der Waals surface area contributed by atoms with E-state index in [2.05, 4.69) is 26.2 Å². The average molecular weight is 358 g/mol. The molecule has 0 unspecified atom stereocenters. The summed E-state index contributed by atoms with van der Waals surface area (Å²) in [5.74, 6) is 0.191. The second-order valence-electron chi connectivity index (χ2n) is 3.62. The zero-order valence-electron chi connectivity index (χ0n) is 10.7. The summed E-state index contributed by atoms with van der Waals surface area (Å²) in [6.07, 6.45) is 1.47. The smallest absolute Gasteiger partial charge is 0.248 e. The van der Waals surface area contributed by atoms with E-state index in [4.69, 9.17) is 10.5 Å². The van der Waals surface area contributed by atoms with Crippen molar-refractivity contribution >= 4 is 31.8 Å². The van der Waals surface area contributed by atoms with Gasteiger partial charge in [0.2, 0.25) is 10.0 Å². The summed E-state index contributed by atoms with van der Waals surface area (Å²) in [4.78, 5) is 3.94. The van der Waals surface area contributed by atoms with Crippen molar-refractivity contribution in [2.75, 3.05) is 25.0 Å². The Balaban J connectivity index is 3.36. The molecule has 0 aliphatic rings. The molecule has 106 valence electrons. The summed E-state index contributed by atoms with van der Waals surface area (Å²) in [6, 6.07) is 4.87. The molecular weight excluding hydrogens is 346 g/mol. The highest BCUT2D eigenvalue weighted by atomic mass is 79.9. The first-order valence-corrected chi connectivity index (χ1v) is 7.84. The van der Waals surface area contributed by atoms with Crippen molar-refractivity contribution in [3.05, 3.63) is 16.7 Å². The zero-order valence-corrected chi connectivity index (χ0v) is 13.1. The highest BCUT2D eigenvalue weighted by Crippen LogP contribution is 2.25. The van der Waals surface area contributed by atoms with Crippen molar-refractivity contribution in [2.45, 2.75) is 11.8 Å². The molecule has 0 saturated heterocycles. The van der Waals surface area contributed by atoms with E-state index >= 15 is 0 Å². The van der Waals surface area contributed by atoms with Crippen molar-refractivity contribution in [3.63, 3.8) is 0 Å². The molecular formula is C11H12BrN5O2S. The van der Waals surface area contributed by atoms with Crippen molar-refractivity contribution in [1.29, 1.82) is 10.5 Å². The largest absolute Gasteiger partial charge is 0.369 e. The molecule has 0 radical (unpaired) electrons. The quantitative estimate of drug-likeness (QED) is 0.768. The molecule has 0 saturated carbocycles. The minimum atomic E-state index is -3.97. The molecule has 1 heterocycles. The lowest BCUT2D eigenvalue weighted by Crippen LogP contribution is -2.32. The molecule has 0 aliphatic heterocycles. The fraction of sp³-hybridized carbons (Fsp3) is 0.364. The van der Waals surface area contributed by atoms with Gasteiger partial charge >= 0.3 is 0 Å². The fourth-order valence-electron chi connectivity index (χ4n) is 1.44. The van der Waals surface area contributed by atoms with Crippen LogP contribution in [0.15, 0.2) is 21.6 Å². The number of hydrogen-bond acceptors (Lipinski definition) is 6. The van der Waals surface area contributed by atoms with Crippen LogP contribution in [0.2, 0.25) is 0 Å². The van der Waals surface area contributed by atoms with Gasteiger partial charge in [-0.1, -0.05) is 0 Å². The normalized spacial score (nSPS) is 10.8. The summed E-state index contributed by atoms with van der Waals surface area (Å²) < 4.78 is 26.3. The molecule has 0 bridgehead atoms. The van der Waals surface area contributed by atoms with Gasteiger partial charge in [-0.05, 0) is 28.9 Å². The molecule has 1 aromatic heterocycles. The minimum absolute atomic E-state index is 0.0702. The van der Waals surface area contributed by atoms with Gasteiger partial charge in [0.25, 0.3) is 0 Å². The maximum absolute atomic E-state index is 12.5. The van der Waals surface area contributed by atoms with Crippen molar-refractivity contribution < 1.29 is 8.42 Å². The molecule has 7 nitrogen and oxygen atoms in total. The Morgan fingerprint density at radius 3 is 2.50 bits per heavy atom. The van der Waals surface area contributed by atoms with Crippen LogP contribution in [0, 0.1) is 22.7 Å². The number of hydrogen-bond donors (Lipinski definition) is 1. The highest BCUT2D eigenvalue weighted by molar-refractivity contribution is 9.10. The summed E-state index contributed by atoms with van der Waals surface area (Å²) in [7, 11) is -3.97. The lowest BCUT2D eigenvalue weighted by molar-refractivity contribution is 0.479. The van der Waals surface area contributed by atoms with E-state index in [0.29, 0.717) is 11.0 Å². The average Bonchev–Trinajstić information content (AvgIpc) is 2.40. The third-order valence-corrected chi connectivity index (χ3v) is 4.51. The maximum atomic E-state index is 12.5. The van der Waals surface area contributed by atoms with Gasteiger partial charge in [0.15, 0.2) is 0 Å². The molecule has 1 aromatic rings. The van der Waals surface area contributed by atoms with Gasteiger partial charge in [-0.2, -0.15) is 14.8 Å². The van der Waals surface area contributed by atoms with E-state index in [1.54, 1.807) is 12.1 Å². The van der Waals surface area contributed by atoms with Crippen LogP contribution in [0.25, 0.3) is 0 Å². The Kier molecular flexibility index (Phi) is 5.89. The molecule has 0 aromatic carbocycles. The number of aromatic nitrogens is 1. The molecule has 0 spiro atoms. The first-order valence-electron chi connectivity index (χ1n) is 5.60. The Morgan fingerprint density at radius 2 is 2.00 bits per heavy atom. The summed E-state index contributed by atoms with van der Waals surface area (Å²) in [5, 5.41) is 20.2. The number of nitrogens with zero attached hydrogens (tertiary/aromatic N) is 4. The zero-order chi connectivity index (χ0) is 15.2. The van der Waals surface area contributed by atoms with Crippen LogP contribution in [-0.2, 0) is 10.0 Å². The van der Waals surface area contributed by atoms with Crippen LogP contribution < -0.4 is 5.32 Å². The van der Waals surface area contributed by atoms with Crippen LogP contribution in [0.4, 0.5) is 5.82 Å². The summed E-state index contributed by atoms with van der Waals surface area (Å²) >= 11 is 3.16. The predicted molar refractivity (Wildman–Crippen MR) is 76.1 cm³/mol. The van der Waals surface area contributed by atoms with Crippen molar-refractivity contribution in [3.8, 4) is 12.1 Å². The first kappa shape index (κ1) is 16.4. The number of sulfonamides is 1. The van der Waals surface area contributed by atoms with E-state index in [-0.39, 0.29) is 10.7 Å². The number of halogens is 1. The predicted octanol–water partition coefficient (Wildman–Crippen LogP) is 1.31. The van der Waals surface area contributed by atoms with Crippen LogP contribution in [0.5, 0.6) is 0 Å². The lowest BCUT2D eigenvalue weighted by atomic mass is 10.4. The molecule has 20 heavy (non-hydrogen) atoms. The van der Waals surface area contributed by atoms with Gasteiger partial charge in [-0.3, -0.25) is 0 Å². The van der Waals surface area contributed by atoms with E-state index in [1.807, 2.05) is 6.92 Å². The Bertz CT molecular complexity index is 646. The molecule has 1 rings (SSSR count). The Labute approximate surface area is 126 Å². The van der Waals surface area contributed by atoms with Gasteiger partial charge in [-0.15, -0.1) is 0 Å². The van der Waals surface area contributed by atoms with E-state index < -0.39 is 23.1 Å². The van der Waals surface area contributed by atoms with Gasteiger partial charge < -0.3 is 5.32 Å². The van der Waals surface area contributed by atoms with Crippen LogP contribution in [0.3, 0.4) is 0 Å². The molecule has 1 N–H and O–H groups in total. The van der Waals surface area contributed by atoms with Crippen molar-refractivity contribution in [2.24, 2.45) is 0 Å². The number of nitrogens with one attached hydrogen (secondary N) is 1. The van der Waals surface area contributed by atoms with E-state index in [0.717, 1.165) is 4.31 Å². The molecule has 0 aliphatic carbocycles. The topological polar surface area (TPSA) is 110 Å².